The number of nitrogens with zero attached hydrogens (tertiary/aromatic N) is 2. The fraction of sp³-hybridized carbons (Fsp3) is 0.0169. The zero-order valence-corrected chi connectivity index (χ0v) is 33.5. The van der Waals surface area contributed by atoms with Gasteiger partial charge in [0.2, 0.25) is 0 Å². The van der Waals surface area contributed by atoms with Gasteiger partial charge in [0.1, 0.15) is 0 Å². The van der Waals surface area contributed by atoms with E-state index in [9.17, 15) is 0 Å². The number of para-hydroxylation sites is 2. The molecule has 2 nitrogen and oxygen atoms in total. The fourth-order valence-corrected chi connectivity index (χ4v) is 10.3. The van der Waals surface area contributed by atoms with Crippen LogP contribution in [0.15, 0.2) is 243 Å². The summed E-state index contributed by atoms with van der Waals surface area (Å²) < 4.78 is 0. The van der Waals surface area contributed by atoms with Gasteiger partial charge in [-0.2, -0.15) is 0 Å². The van der Waals surface area contributed by atoms with Gasteiger partial charge >= 0.3 is 0 Å². The van der Waals surface area contributed by atoms with E-state index >= 15 is 0 Å². The van der Waals surface area contributed by atoms with Crippen LogP contribution in [-0.2, 0) is 5.41 Å². The second-order valence-electron chi connectivity index (χ2n) is 16.1. The molecule has 0 saturated carbocycles. The minimum Gasteiger partial charge on any atom is -0.310 e. The van der Waals surface area contributed by atoms with E-state index in [2.05, 4.69) is 252 Å². The molecule has 0 N–H and O–H groups in total. The molecule has 10 aromatic rings. The van der Waals surface area contributed by atoms with Crippen molar-refractivity contribution in [1.29, 1.82) is 0 Å². The minimum absolute atomic E-state index is 0.546. The Balaban J connectivity index is 1.10. The molecule has 2 aliphatic carbocycles. The average Bonchev–Trinajstić information content (AvgIpc) is 3.80. The van der Waals surface area contributed by atoms with Crippen LogP contribution < -0.4 is 9.80 Å². The number of hydrogen-bond donors (Lipinski definition) is 0. The highest BCUT2D eigenvalue weighted by Crippen LogP contribution is 2.65. The van der Waals surface area contributed by atoms with Crippen molar-refractivity contribution in [3.8, 4) is 33.4 Å². The predicted molar refractivity (Wildman–Crippen MR) is 255 cm³/mol. The lowest BCUT2D eigenvalue weighted by Crippen LogP contribution is -2.26. The molecule has 0 fully saturated rings. The van der Waals surface area contributed by atoms with E-state index in [0.717, 1.165) is 34.1 Å². The van der Waals surface area contributed by atoms with Crippen LogP contribution in [0.25, 0.3) is 44.2 Å². The number of hydrogen-bond acceptors (Lipinski definition) is 2. The van der Waals surface area contributed by atoms with Crippen LogP contribution in [0.5, 0.6) is 0 Å². The van der Waals surface area contributed by atoms with Crippen LogP contribution >= 0.6 is 0 Å². The number of benzene rings is 10. The molecule has 0 aliphatic heterocycles. The first kappa shape index (κ1) is 35.0. The first-order valence-corrected chi connectivity index (χ1v) is 21.1. The van der Waals surface area contributed by atoms with Crippen molar-refractivity contribution in [1.82, 2.24) is 0 Å². The maximum absolute atomic E-state index is 2.48. The molecule has 286 valence electrons. The number of anilines is 6. The highest BCUT2D eigenvalue weighted by molar-refractivity contribution is 6.02. The van der Waals surface area contributed by atoms with E-state index in [-0.39, 0.29) is 0 Å². The molecule has 1 spiro atoms. The van der Waals surface area contributed by atoms with Crippen molar-refractivity contribution in [2.75, 3.05) is 9.80 Å². The lowest BCUT2D eigenvalue weighted by atomic mass is 9.70. The lowest BCUT2D eigenvalue weighted by molar-refractivity contribution is 0.793. The maximum Gasteiger partial charge on any atom is 0.0727 e. The number of rotatable bonds is 7. The Labute approximate surface area is 356 Å². The predicted octanol–water partition coefficient (Wildman–Crippen LogP) is 15.8. The topological polar surface area (TPSA) is 6.48 Å². The van der Waals surface area contributed by atoms with Crippen LogP contribution in [0.1, 0.15) is 22.3 Å². The normalized spacial score (nSPS) is 14.3. The Morgan fingerprint density at radius 3 is 1.49 bits per heavy atom. The third kappa shape index (κ3) is 5.43. The standard InChI is InChI=1S/C59H40N2/c1-4-17-41(18-5-1)43-31-34-47(35-32-43)61(46-23-8-3-9-24-46)57-30-16-29-55-58(57)52-26-13-15-28-54(52)59(55)53-27-14-12-25-50(53)51-38-37-49(40-56(51)59)60(45-21-6-2-7-22-45)48-36-33-42-19-10-11-20-44(42)39-48/h1-40H. The summed E-state index contributed by atoms with van der Waals surface area (Å²) in [6.45, 7) is 0. The smallest absolute Gasteiger partial charge is 0.0727 e. The van der Waals surface area contributed by atoms with Gasteiger partial charge in [-0.15, -0.1) is 0 Å². The summed E-state index contributed by atoms with van der Waals surface area (Å²) in [5, 5.41) is 2.45. The van der Waals surface area contributed by atoms with E-state index in [4.69, 9.17) is 0 Å². The van der Waals surface area contributed by atoms with Gasteiger partial charge in [-0.25, -0.2) is 0 Å². The average molecular weight is 777 g/mol. The van der Waals surface area contributed by atoms with E-state index in [1.54, 1.807) is 0 Å². The van der Waals surface area contributed by atoms with E-state index in [1.807, 2.05) is 0 Å². The Morgan fingerprint density at radius 1 is 0.262 bits per heavy atom. The van der Waals surface area contributed by atoms with Crippen LogP contribution in [0.3, 0.4) is 0 Å². The van der Waals surface area contributed by atoms with Crippen molar-refractivity contribution in [3.05, 3.63) is 265 Å². The number of fused-ring (bicyclic) bond motifs is 11. The summed E-state index contributed by atoms with van der Waals surface area (Å²) in [4.78, 5) is 4.86. The highest BCUT2D eigenvalue weighted by atomic mass is 15.1. The van der Waals surface area contributed by atoms with Crippen LogP contribution in [0, 0.1) is 0 Å². The van der Waals surface area contributed by atoms with Gasteiger partial charge in [0.25, 0.3) is 0 Å². The van der Waals surface area contributed by atoms with Crippen LogP contribution in [0.4, 0.5) is 34.1 Å². The van der Waals surface area contributed by atoms with Crippen LogP contribution in [0.2, 0.25) is 0 Å². The van der Waals surface area contributed by atoms with Crippen molar-refractivity contribution >= 4 is 44.9 Å². The van der Waals surface area contributed by atoms with Crippen LogP contribution in [-0.4, -0.2) is 0 Å². The molecule has 12 rings (SSSR count). The summed E-state index contributed by atoms with van der Waals surface area (Å²) in [5.74, 6) is 0. The Kier molecular flexibility index (Phi) is 8.11. The molecule has 0 saturated heterocycles. The summed E-state index contributed by atoms with van der Waals surface area (Å²) >= 11 is 0. The zero-order valence-electron chi connectivity index (χ0n) is 33.5. The minimum atomic E-state index is -0.546. The summed E-state index contributed by atoms with van der Waals surface area (Å²) in [7, 11) is 0. The zero-order chi connectivity index (χ0) is 40.3. The van der Waals surface area contributed by atoms with Gasteiger partial charge in [0.15, 0.2) is 0 Å². The third-order valence-electron chi connectivity index (χ3n) is 12.8. The second-order valence-corrected chi connectivity index (χ2v) is 16.1. The summed E-state index contributed by atoms with van der Waals surface area (Å²) in [5.41, 5.74) is 18.9. The van der Waals surface area contributed by atoms with Gasteiger partial charge in [-0.05, 0) is 128 Å². The van der Waals surface area contributed by atoms with Gasteiger partial charge in [0.05, 0.1) is 11.1 Å². The molecule has 10 aromatic carbocycles. The van der Waals surface area contributed by atoms with Gasteiger partial charge in [-0.1, -0.05) is 176 Å². The molecule has 1 atom stereocenters. The lowest BCUT2D eigenvalue weighted by Gasteiger charge is -2.33. The van der Waals surface area contributed by atoms with Gasteiger partial charge in [0, 0.05) is 34.0 Å². The largest absolute Gasteiger partial charge is 0.310 e. The molecular weight excluding hydrogens is 737 g/mol. The third-order valence-corrected chi connectivity index (χ3v) is 12.8. The fourth-order valence-electron chi connectivity index (χ4n) is 10.3. The summed E-state index contributed by atoms with van der Waals surface area (Å²) in [6, 6.07) is 89.0. The molecule has 61 heavy (non-hydrogen) atoms. The molecule has 0 bridgehead atoms. The van der Waals surface area contributed by atoms with Crippen molar-refractivity contribution < 1.29 is 0 Å². The van der Waals surface area contributed by atoms with E-state index < -0.39 is 5.41 Å². The molecule has 2 aliphatic rings. The Morgan fingerprint density at radius 2 is 0.754 bits per heavy atom. The van der Waals surface area contributed by atoms with E-state index in [0.29, 0.717) is 0 Å². The second kappa shape index (κ2) is 14.1. The first-order chi connectivity index (χ1) is 30.3. The summed E-state index contributed by atoms with van der Waals surface area (Å²) in [6.07, 6.45) is 0. The Bertz CT molecular complexity index is 3250. The maximum atomic E-state index is 2.48. The molecule has 1 unspecified atom stereocenters. The monoisotopic (exact) mass is 776 g/mol. The molecule has 0 heterocycles. The molecule has 0 radical (unpaired) electrons. The van der Waals surface area contributed by atoms with Crippen molar-refractivity contribution in [2.24, 2.45) is 0 Å². The molecule has 0 aromatic heterocycles. The Hall–Kier alpha value is -7.94. The molecule has 0 amide bonds. The van der Waals surface area contributed by atoms with Crippen molar-refractivity contribution in [3.63, 3.8) is 0 Å². The van der Waals surface area contributed by atoms with E-state index in [1.165, 1.54) is 66.4 Å². The quantitative estimate of drug-likeness (QED) is 0.159. The first-order valence-electron chi connectivity index (χ1n) is 21.1. The van der Waals surface area contributed by atoms with Gasteiger partial charge < -0.3 is 9.80 Å². The molecular formula is C59H40N2. The van der Waals surface area contributed by atoms with Gasteiger partial charge in [-0.3, -0.25) is 0 Å². The SMILES string of the molecule is c1ccc(-c2ccc(N(c3ccccc3)c3cccc4c3-c3ccccc3C43c4ccccc4-c4ccc(N(c5ccccc5)c5ccc6ccccc6c5)cc43)cc2)cc1. The molecule has 2 heteroatoms. The highest BCUT2D eigenvalue weighted by Gasteiger charge is 2.52. The van der Waals surface area contributed by atoms with Crippen molar-refractivity contribution in [2.45, 2.75) is 5.41 Å².